The molecule has 0 radical (unpaired) electrons. The number of carbonyl (C=O) groups is 2. The maximum atomic E-state index is 13.0. The van der Waals surface area contributed by atoms with Crippen molar-refractivity contribution in [2.75, 3.05) is 13.2 Å². The molecule has 2 aromatic heterocycles. The third-order valence-corrected chi connectivity index (χ3v) is 14.5. The minimum Gasteiger partial charge on any atom is -0.508 e. The quantitative estimate of drug-likeness (QED) is 0.0421. The molecular weight excluding hydrogens is 920 g/mol. The number of carbonyl (C=O) groups excluding carboxylic acids is 2. The summed E-state index contributed by atoms with van der Waals surface area (Å²) in [5, 5.41) is 11.9. The van der Waals surface area contributed by atoms with E-state index in [2.05, 4.69) is 9.97 Å². The van der Waals surface area contributed by atoms with Gasteiger partial charge in [-0.15, -0.1) is 0 Å². The molecule has 0 spiro atoms. The third kappa shape index (κ3) is 11.6. The number of phenols is 1. The number of aromatic nitrogens is 4. The highest BCUT2D eigenvalue weighted by Gasteiger charge is 2.27. The number of phosphoric ester groups is 1. The molecule has 348 valence electrons. The Morgan fingerprint density at radius 3 is 1.32 bits per heavy atom. The summed E-state index contributed by atoms with van der Waals surface area (Å²) in [6.45, 7) is 7.58. The summed E-state index contributed by atoms with van der Waals surface area (Å²) in [7, 11) is -0.234. The van der Waals surface area contributed by atoms with Crippen LogP contribution in [-0.4, -0.2) is 49.0 Å². The van der Waals surface area contributed by atoms with Crippen LogP contribution in [0.2, 0.25) is 0 Å². The molecule has 0 bridgehead atoms. The third-order valence-electron chi connectivity index (χ3n) is 10.8. The predicted octanol–water partition coefficient (Wildman–Crippen LogP) is 10.8. The van der Waals surface area contributed by atoms with E-state index in [9.17, 15) is 28.8 Å². The van der Waals surface area contributed by atoms with Gasteiger partial charge in [0.2, 0.25) is 0 Å². The van der Waals surface area contributed by atoms with Crippen LogP contribution < -0.4 is 15.6 Å². The van der Waals surface area contributed by atoms with Crippen molar-refractivity contribution in [3.8, 4) is 11.5 Å². The molecule has 0 amide bonds. The Morgan fingerprint density at radius 2 is 0.941 bits per heavy atom. The molecule has 68 heavy (non-hydrogen) atoms. The van der Waals surface area contributed by atoms with Crippen LogP contribution in [0, 0.1) is 13.8 Å². The van der Waals surface area contributed by atoms with Crippen LogP contribution in [0.5, 0.6) is 11.5 Å². The van der Waals surface area contributed by atoms with Gasteiger partial charge >= 0.3 is 7.82 Å². The molecule has 0 unspecified atom stereocenters. The molecule has 0 aliphatic carbocycles. The number of benzene rings is 6. The zero-order chi connectivity index (χ0) is 48.5. The van der Waals surface area contributed by atoms with E-state index in [4.69, 9.17) is 13.6 Å². The fourth-order valence-electron chi connectivity index (χ4n) is 7.12. The van der Waals surface area contributed by atoms with Crippen molar-refractivity contribution >= 4 is 64.7 Å². The smallest absolute Gasteiger partial charge is 0.508 e. The first-order valence-corrected chi connectivity index (χ1v) is 25.0. The molecule has 0 fully saturated rings. The number of thioether (sulfide) groups is 2. The van der Waals surface area contributed by atoms with Gasteiger partial charge in [0.05, 0.1) is 35.0 Å². The topological polar surface area (TPSA) is 169 Å². The molecule has 0 saturated carbocycles. The summed E-state index contributed by atoms with van der Waals surface area (Å²) in [5.41, 5.74) is 7.25. The number of ketones is 2. The van der Waals surface area contributed by atoms with Gasteiger partial charge in [0, 0.05) is 47.9 Å². The van der Waals surface area contributed by atoms with Gasteiger partial charge in [0.15, 0.2) is 21.9 Å². The van der Waals surface area contributed by atoms with Gasteiger partial charge in [-0.25, -0.2) is 14.5 Å². The zero-order valence-electron chi connectivity index (χ0n) is 38.3. The zero-order valence-corrected chi connectivity index (χ0v) is 40.8. The van der Waals surface area contributed by atoms with Gasteiger partial charge in [-0.1, -0.05) is 96.3 Å². The van der Waals surface area contributed by atoms with Crippen molar-refractivity contribution in [1.29, 1.82) is 0 Å². The standard InChI is InChI=1S/C28H29N2O6PS.C24H20N2O3S/c1-5-34-37(33,35-6-2)36-23-16-14-22(15-17-23)26(31)21-12-10-20(11-13-21)18-38-28-29-24-9-7-8-19(3)25(24)27(32)30(28)4;1-15-4-3-5-20-21(15)23(29)26(2)24(25-20)30-14-16-6-8-17(9-7-16)22(28)18-10-12-19(27)13-11-18/h7-17H,5-6,18H2,1-4H3;3-13,27H,14H2,1-2H3. The van der Waals surface area contributed by atoms with Crippen LogP contribution in [-0.2, 0) is 39.2 Å². The Balaban J connectivity index is 0.000000207. The Hall–Kier alpha value is -6.61. The average Bonchev–Trinajstić information content (AvgIpc) is 3.33. The monoisotopic (exact) mass is 968 g/mol. The second-order valence-electron chi connectivity index (χ2n) is 15.5. The fraction of sp³-hybridized carbons (Fsp3) is 0.192. The maximum absolute atomic E-state index is 13.0. The molecule has 16 heteroatoms. The van der Waals surface area contributed by atoms with Crippen LogP contribution in [0.3, 0.4) is 0 Å². The van der Waals surface area contributed by atoms with E-state index in [0.29, 0.717) is 65.9 Å². The van der Waals surface area contributed by atoms with E-state index in [1.165, 1.54) is 35.7 Å². The van der Waals surface area contributed by atoms with E-state index in [-0.39, 0.29) is 47.4 Å². The van der Waals surface area contributed by atoms with Gasteiger partial charge in [-0.05, 0) is 111 Å². The lowest BCUT2D eigenvalue weighted by atomic mass is 10.0. The lowest BCUT2D eigenvalue weighted by Crippen LogP contribution is -2.20. The van der Waals surface area contributed by atoms with Crippen molar-refractivity contribution in [1.82, 2.24) is 19.1 Å². The average molecular weight is 969 g/mol. The molecule has 6 aromatic carbocycles. The summed E-state index contributed by atoms with van der Waals surface area (Å²) < 4.78 is 31.4. The summed E-state index contributed by atoms with van der Waals surface area (Å²) >= 11 is 2.95. The second kappa shape index (κ2) is 22.0. The number of rotatable bonds is 16. The van der Waals surface area contributed by atoms with Crippen molar-refractivity contribution in [2.24, 2.45) is 14.1 Å². The first-order valence-electron chi connectivity index (χ1n) is 21.6. The summed E-state index contributed by atoms with van der Waals surface area (Å²) in [5.74, 6) is 1.39. The highest BCUT2D eigenvalue weighted by molar-refractivity contribution is 7.98. The van der Waals surface area contributed by atoms with Gasteiger partial charge in [0.1, 0.15) is 11.5 Å². The lowest BCUT2D eigenvalue weighted by molar-refractivity contribution is 0.103. The molecule has 8 rings (SSSR count). The van der Waals surface area contributed by atoms with Gasteiger partial charge in [-0.2, -0.15) is 0 Å². The predicted molar refractivity (Wildman–Crippen MR) is 268 cm³/mol. The molecule has 0 aliphatic heterocycles. The van der Waals surface area contributed by atoms with Crippen molar-refractivity contribution < 1.29 is 32.8 Å². The SMILES string of the molecule is CCOP(=O)(OCC)Oc1ccc(C(=O)c2ccc(CSc3nc4cccc(C)c4c(=O)n3C)cc2)cc1.Cc1cccc2nc(SCc3ccc(C(=O)c4ccc(O)cc4)cc3)n(C)c(=O)c12. The van der Waals surface area contributed by atoms with E-state index in [1.54, 1.807) is 97.7 Å². The Labute approximate surface area is 401 Å². The van der Waals surface area contributed by atoms with E-state index in [1.807, 2.05) is 74.5 Å². The number of aryl methyl sites for hydroxylation is 2. The molecule has 2 heterocycles. The lowest BCUT2D eigenvalue weighted by Gasteiger charge is -2.17. The largest absolute Gasteiger partial charge is 0.530 e. The van der Waals surface area contributed by atoms with Crippen molar-refractivity contribution in [2.45, 2.75) is 49.5 Å². The molecule has 0 saturated heterocycles. The van der Waals surface area contributed by atoms with Gasteiger partial charge < -0.3 is 9.63 Å². The highest BCUT2D eigenvalue weighted by atomic mass is 32.2. The number of nitrogens with zero attached hydrogens (tertiary/aromatic N) is 4. The number of aromatic hydroxyl groups is 1. The Morgan fingerprint density at radius 1 is 0.574 bits per heavy atom. The van der Waals surface area contributed by atoms with Crippen LogP contribution in [0.25, 0.3) is 21.8 Å². The first-order chi connectivity index (χ1) is 32.7. The van der Waals surface area contributed by atoms with E-state index < -0.39 is 7.82 Å². The molecule has 13 nitrogen and oxygen atoms in total. The molecular formula is C52H49N4O9PS2. The minimum absolute atomic E-state index is 0.0459. The molecule has 1 N–H and O–H groups in total. The number of fused-ring (bicyclic) bond motifs is 2. The minimum atomic E-state index is -3.70. The van der Waals surface area contributed by atoms with E-state index >= 15 is 0 Å². The normalized spacial score (nSPS) is 11.3. The number of phenolic OH excluding ortho intramolecular Hbond substituents is 1. The first kappa shape index (κ1) is 49.3. The highest BCUT2D eigenvalue weighted by Crippen LogP contribution is 2.49. The van der Waals surface area contributed by atoms with Crippen molar-refractivity contribution in [3.63, 3.8) is 0 Å². The summed E-state index contributed by atoms with van der Waals surface area (Å²) in [6, 6.07) is 38.6. The van der Waals surface area contributed by atoms with Crippen LogP contribution >= 0.6 is 31.3 Å². The van der Waals surface area contributed by atoms with Crippen LogP contribution in [0.15, 0.2) is 153 Å². The number of hydrogen-bond acceptors (Lipinski definition) is 13. The van der Waals surface area contributed by atoms with Gasteiger partial charge in [-0.3, -0.25) is 37.4 Å². The number of phosphoric acid groups is 1. The van der Waals surface area contributed by atoms with Crippen LogP contribution in [0.4, 0.5) is 0 Å². The Bertz CT molecular complexity index is 3280. The molecule has 0 aliphatic rings. The second-order valence-corrected chi connectivity index (χ2v) is 19.0. The summed E-state index contributed by atoms with van der Waals surface area (Å²) in [6.07, 6.45) is 0. The summed E-state index contributed by atoms with van der Waals surface area (Å²) in [4.78, 5) is 60.4. The maximum Gasteiger partial charge on any atom is 0.530 e. The number of hydrogen-bond donors (Lipinski definition) is 1. The van der Waals surface area contributed by atoms with Crippen LogP contribution in [0.1, 0.15) is 67.9 Å². The van der Waals surface area contributed by atoms with Gasteiger partial charge in [0.25, 0.3) is 11.1 Å². The van der Waals surface area contributed by atoms with E-state index in [0.717, 1.165) is 22.3 Å². The Kier molecular flexibility index (Phi) is 16.0. The molecule has 8 aromatic rings. The fourth-order valence-corrected chi connectivity index (χ4v) is 10.2. The molecule has 0 atom stereocenters. The van der Waals surface area contributed by atoms with Crippen molar-refractivity contribution in [3.05, 3.63) is 199 Å².